The van der Waals surface area contributed by atoms with Crippen LogP contribution < -0.4 is 10.2 Å². The van der Waals surface area contributed by atoms with Crippen LogP contribution in [0.5, 0.6) is 0 Å². The second-order valence-corrected chi connectivity index (χ2v) is 7.12. The Morgan fingerprint density at radius 2 is 2.22 bits per heavy atom. The zero-order chi connectivity index (χ0) is 15.8. The monoisotopic (exact) mass is 316 g/mol. The van der Waals surface area contributed by atoms with Crippen molar-refractivity contribution >= 4 is 11.7 Å². The van der Waals surface area contributed by atoms with Gasteiger partial charge in [-0.15, -0.1) is 5.10 Å². The molecule has 4 rings (SSSR count). The molecule has 23 heavy (non-hydrogen) atoms. The molecule has 0 spiro atoms. The highest BCUT2D eigenvalue weighted by Gasteiger charge is 2.42. The summed E-state index contributed by atoms with van der Waals surface area (Å²) >= 11 is 0. The number of carbonyl (C=O) groups is 1. The van der Waals surface area contributed by atoms with Gasteiger partial charge in [-0.25, -0.2) is 0 Å². The van der Waals surface area contributed by atoms with E-state index in [9.17, 15) is 4.79 Å². The van der Waals surface area contributed by atoms with Crippen LogP contribution in [-0.2, 0) is 9.53 Å². The largest absolute Gasteiger partial charge is 0.363 e. The fraction of sp³-hybridized carbons (Fsp3) is 0.706. The van der Waals surface area contributed by atoms with E-state index < -0.39 is 0 Å². The number of hydrogen-bond acceptors (Lipinski definition) is 5. The van der Waals surface area contributed by atoms with Gasteiger partial charge < -0.3 is 15.0 Å². The minimum atomic E-state index is -0.271. The van der Waals surface area contributed by atoms with Crippen molar-refractivity contribution in [3.63, 3.8) is 0 Å². The number of anilines is 1. The third kappa shape index (κ3) is 3.32. The van der Waals surface area contributed by atoms with Crippen molar-refractivity contribution in [2.45, 2.75) is 44.8 Å². The molecular formula is C17H24N4O2. The summed E-state index contributed by atoms with van der Waals surface area (Å²) in [5.74, 6) is 2.17. The number of piperidine rings is 1. The lowest BCUT2D eigenvalue weighted by molar-refractivity contribution is -0.132. The first kappa shape index (κ1) is 14.9. The average Bonchev–Trinajstić information content (AvgIpc) is 3.29. The molecule has 1 aromatic heterocycles. The maximum absolute atomic E-state index is 12.2. The number of nitrogens with one attached hydrogen (secondary N) is 1. The van der Waals surface area contributed by atoms with Gasteiger partial charge in [-0.05, 0) is 56.6 Å². The molecule has 1 N–H and O–H groups in total. The molecule has 6 nitrogen and oxygen atoms in total. The molecule has 3 aliphatic rings. The predicted octanol–water partition coefficient (Wildman–Crippen LogP) is 1.30. The van der Waals surface area contributed by atoms with Crippen molar-refractivity contribution in [2.24, 2.45) is 11.8 Å². The summed E-state index contributed by atoms with van der Waals surface area (Å²) in [4.78, 5) is 14.5. The number of hydrogen-bond donors (Lipinski definition) is 1. The summed E-state index contributed by atoms with van der Waals surface area (Å²) in [7, 11) is 0. The zero-order valence-corrected chi connectivity index (χ0v) is 13.6. The van der Waals surface area contributed by atoms with Gasteiger partial charge in [0.15, 0.2) is 5.82 Å². The molecule has 0 unspecified atom stereocenters. The van der Waals surface area contributed by atoms with E-state index in [1.807, 2.05) is 19.1 Å². The predicted molar refractivity (Wildman–Crippen MR) is 86.1 cm³/mol. The first-order chi connectivity index (χ1) is 11.2. The molecule has 0 bridgehead atoms. The third-order valence-electron chi connectivity index (χ3n) is 5.21. The molecule has 0 radical (unpaired) electrons. The van der Waals surface area contributed by atoms with E-state index in [4.69, 9.17) is 4.74 Å². The van der Waals surface area contributed by atoms with Gasteiger partial charge in [-0.1, -0.05) is 0 Å². The highest BCUT2D eigenvalue weighted by molar-refractivity contribution is 5.81. The summed E-state index contributed by atoms with van der Waals surface area (Å²) in [6.07, 6.45) is 4.27. The van der Waals surface area contributed by atoms with Crippen molar-refractivity contribution in [3.8, 4) is 0 Å². The van der Waals surface area contributed by atoms with Crippen molar-refractivity contribution in [2.75, 3.05) is 24.5 Å². The van der Waals surface area contributed by atoms with E-state index in [0.717, 1.165) is 44.0 Å². The third-order valence-corrected chi connectivity index (χ3v) is 5.21. The summed E-state index contributed by atoms with van der Waals surface area (Å²) in [6, 6.07) is 4.00. The molecule has 0 aromatic carbocycles. The fourth-order valence-corrected chi connectivity index (χ4v) is 3.55. The molecule has 2 aliphatic heterocycles. The molecule has 1 aliphatic carbocycles. The first-order valence-electron chi connectivity index (χ1n) is 8.67. The van der Waals surface area contributed by atoms with Crippen LogP contribution in [0.3, 0.4) is 0 Å². The van der Waals surface area contributed by atoms with Gasteiger partial charge in [0.05, 0.1) is 11.8 Å². The van der Waals surface area contributed by atoms with E-state index >= 15 is 0 Å². The van der Waals surface area contributed by atoms with E-state index in [2.05, 4.69) is 20.4 Å². The van der Waals surface area contributed by atoms with Gasteiger partial charge in [0.25, 0.3) is 0 Å². The number of ether oxygens (including phenoxy) is 1. The number of amides is 1. The van der Waals surface area contributed by atoms with Crippen molar-refractivity contribution < 1.29 is 9.53 Å². The summed E-state index contributed by atoms with van der Waals surface area (Å²) in [6.45, 7) is 4.51. The maximum atomic E-state index is 12.2. The molecule has 3 atom stereocenters. The standard InChI is InChI=1S/C17H24N4O2/c1-11-2-5-16(20-19-11)21-7-6-13-8-14(23-15(13)10-21)17(22)18-9-12-3-4-12/h2,5,12-15H,3-4,6-10H2,1H3,(H,18,22)/t13-,14+,15-/m0/s1. The molecule has 3 heterocycles. The zero-order valence-electron chi connectivity index (χ0n) is 13.6. The van der Waals surface area contributed by atoms with Crippen LogP contribution in [0.4, 0.5) is 5.82 Å². The number of aromatic nitrogens is 2. The van der Waals surface area contributed by atoms with Gasteiger partial charge in [-0.3, -0.25) is 4.79 Å². The van der Waals surface area contributed by atoms with Gasteiger partial charge in [0.1, 0.15) is 6.10 Å². The summed E-state index contributed by atoms with van der Waals surface area (Å²) < 4.78 is 6.05. The van der Waals surface area contributed by atoms with Gasteiger partial charge >= 0.3 is 0 Å². The average molecular weight is 316 g/mol. The first-order valence-corrected chi connectivity index (χ1v) is 8.67. The quantitative estimate of drug-likeness (QED) is 0.907. The molecule has 3 fully saturated rings. The Morgan fingerprint density at radius 1 is 1.35 bits per heavy atom. The highest BCUT2D eigenvalue weighted by Crippen LogP contribution is 2.34. The smallest absolute Gasteiger partial charge is 0.249 e. The number of fused-ring (bicyclic) bond motifs is 1. The van der Waals surface area contributed by atoms with Crippen LogP contribution in [0.25, 0.3) is 0 Å². The molecule has 124 valence electrons. The van der Waals surface area contributed by atoms with E-state index in [1.165, 1.54) is 12.8 Å². The Balaban J connectivity index is 1.34. The Kier molecular flexibility index (Phi) is 3.93. The molecule has 1 amide bonds. The minimum absolute atomic E-state index is 0.0768. The van der Waals surface area contributed by atoms with Gasteiger partial charge in [0.2, 0.25) is 5.91 Å². The Morgan fingerprint density at radius 3 is 2.96 bits per heavy atom. The second kappa shape index (κ2) is 6.07. The number of rotatable bonds is 4. The van der Waals surface area contributed by atoms with Crippen molar-refractivity contribution in [1.82, 2.24) is 15.5 Å². The molecule has 1 aromatic rings. The van der Waals surface area contributed by atoms with E-state index in [0.29, 0.717) is 11.8 Å². The molecular weight excluding hydrogens is 292 g/mol. The summed E-state index contributed by atoms with van der Waals surface area (Å²) in [5.41, 5.74) is 0.924. The van der Waals surface area contributed by atoms with Gasteiger partial charge in [0, 0.05) is 19.6 Å². The lowest BCUT2D eigenvalue weighted by atomic mass is 9.91. The Hall–Kier alpha value is -1.69. The normalized spacial score (nSPS) is 30.1. The van der Waals surface area contributed by atoms with Crippen LogP contribution in [0.2, 0.25) is 0 Å². The molecule has 1 saturated carbocycles. The van der Waals surface area contributed by atoms with Crippen LogP contribution in [0, 0.1) is 18.8 Å². The van der Waals surface area contributed by atoms with Crippen LogP contribution >= 0.6 is 0 Å². The lowest BCUT2D eigenvalue weighted by Gasteiger charge is -2.34. The minimum Gasteiger partial charge on any atom is -0.363 e. The lowest BCUT2D eigenvalue weighted by Crippen LogP contribution is -2.43. The highest BCUT2D eigenvalue weighted by atomic mass is 16.5. The van der Waals surface area contributed by atoms with Crippen LogP contribution in [0.1, 0.15) is 31.4 Å². The maximum Gasteiger partial charge on any atom is 0.249 e. The summed E-state index contributed by atoms with van der Waals surface area (Å²) in [5, 5.41) is 11.4. The molecule has 2 saturated heterocycles. The fourth-order valence-electron chi connectivity index (χ4n) is 3.55. The Bertz CT molecular complexity index is 572. The van der Waals surface area contributed by atoms with Crippen LogP contribution in [0.15, 0.2) is 12.1 Å². The van der Waals surface area contributed by atoms with Crippen LogP contribution in [-0.4, -0.2) is 47.9 Å². The Labute approximate surface area is 136 Å². The number of nitrogens with zero attached hydrogens (tertiary/aromatic N) is 3. The SMILES string of the molecule is Cc1ccc(N2CC[C@H]3C[C@H](C(=O)NCC4CC4)O[C@H]3C2)nn1. The van der Waals surface area contributed by atoms with E-state index in [-0.39, 0.29) is 18.1 Å². The second-order valence-electron chi connectivity index (χ2n) is 7.12. The van der Waals surface area contributed by atoms with Gasteiger partial charge in [-0.2, -0.15) is 5.10 Å². The molecule has 6 heteroatoms. The number of carbonyl (C=O) groups excluding carboxylic acids is 1. The van der Waals surface area contributed by atoms with Crippen molar-refractivity contribution in [3.05, 3.63) is 17.8 Å². The number of aryl methyl sites for hydroxylation is 1. The topological polar surface area (TPSA) is 67.4 Å². The van der Waals surface area contributed by atoms with E-state index in [1.54, 1.807) is 0 Å². The van der Waals surface area contributed by atoms with Crippen molar-refractivity contribution in [1.29, 1.82) is 0 Å².